The Morgan fingerprint density at radius 3 is 2.53 bits per heavy atom. The van der Waals surface area contributed by atoms with Crippen molar-refractivity contribution in [3.63, 3.8) is 0 Å². The Kier molecular flexibility index (Phi) is 4.41. The van der Waals surface area contributed by atoms with Crippen LogP contribution in [0.25, 0.3) is 0 Å². The van der Waals surface area contributed by atoms with E-state index in [1.54, 1.807) is 0 Å². The number of hydrogen-bond acceptors (Lipinski definition) is 4. The molecule has 1 heterocycles. The van der Waals surface area contributed by atoms with Crippen LogP contribution in [-0.2, 0) is 12.5 Å². The molecule has 0 aliphatic carbocycles. The molecule has 0 atom stereocenters. The molecule has 0 bridgehead atoms. The SMILES string of the molecule is COc1c(CO)cc(CCl)nc1OC(F)(F)F. The zero-order valence-corrected chi connectivity index (χ0v) is 9.47. The Balaban J connectivity index is 3.24. The third-order valence-corrected chi connectivity index (χ3v) is 2.07. The van der Waals surface area contributed by atoms with Gasteiger partial charge in [-0.2, -0.15) is 0 Å². The Hall–Kier alpha value is -1.21. The van der Waals surface area contributed by atoms with Gasteiger partial charge in [0.1, 0.15) is 0 Å². The number of aromatic nitrogens is 1. The lowest BCUT2D eigenvalue weighted by Crippen LogP contribution is -2.19. The van der Waals surface area contributed by atoms with Crippen molar-refractivity contribution in [3.05, 3.63) is 17.3 Å². The molecule has 1 N–H and O–H groups in total. The number of aliphatic hydroxyl groups is 1. The van der Waals surface area contributed by atoms with Gasteiger partial charge in [0, 0.05) is 5.56 Å². The van der Waals surface area contributed by atoms with E-state index in [1.165, 1.54) is 6.07 Å². The normalized spacial score (nSPS) is 11.4. The van der Waals surface area contributed by atoms with Gasteiger partial charge in [-0.3, -0.25) is 0 Å². The van der Waals surface area contributed by atoms with Crippen LogP contribution in [-0.4, -0.2) is 23.6 Å². The Labute approximate surface area is 99.9 Å². The van der Waals surface area contributed by atoms with E-state index in [2.05, 4.69) is 9.72 Å². The summed E-state index contributed by atoms with van der Waals surface area (Å²) in [5.74, 6) is -1.13. The second-order valence-corrected chi connectivity index (χ2v) is 3.22. The first-order valence-electron chi connectivity index (χ1n) is 4.40. The number of aliphatic hydroxyl groups excluding tert-OH is 1. The summed E-state index contributed by atoms with van der Waals surface area (Å²) in [4.78, 5) is 3.55. The number of hydrogen-bond donors (Lipinski definition) is 1. The lowest BCUT2D eigenvalue weighted by Gasteiger charge is -2.14. The van der Waals surface area contributed by atoms with Crippen LogP contribution in [0.5, 0.6) is 11.6 Å². The molecule has 0 aliphatic rings. The van der Waals surface area contributed by atoms with Crippen LogP contribution in [0.4, 0.5) is 13.2 Å². The van der Waals surface area contributed by atoms with Crippen LogP contribution in [0.15, 0.2) is 6.07 Å². The quantitative estimate of drug-likeness (QED) is 0.853. The van der Waals surface area contributed by atoms with E-state index in [9.17, 15) is 13.2 Å². The summed E-state index contributed by atoms with van der Waals surface area (Å²) in [6.45, 7) is -0.510. The third-order valence-electron chi connectivity index (χ3n) is 1.80. The highest BCUT2D eigenvalue weighted by atomic mass is 35.5. The third kappa shape index (κ3) is 3.64. The van der Waals surface area contributed by atoms with Gasteiger partial charge >= 0.3 is 6.36 Å². The number of nitrogens with zero attached hydrogens (tertiary/aromatic N) is 1. The van der Waals surface area contributed by atoms with Crippen molar-refractivity contribution in [2.75, 3.05) is 7.11 Å². The number of methoxy groups -OCH3 is 1. The first-order valence-corrected chi connectivity index (χ1v) is 4.94. The van der Waals surface area contributed by atoms with Crippen LogP contribution >= 0.6 is 11.6 Å². The molecule has 1 aromatic heterocycles. The molecular weight excluding hydrogens is 263 g/mol. The maximum absolute atomic E-state index is 12.1. The lowest BCUT2D eigenvalue weighted by molar-refractivity contribution is -0.276. The van der Waals surface area contributed by atoms with Crippen molar-refractivity contribution < 1.29 is 27.8 Å². The van der Waals surface area contributed by atoms with E-state index >= 15 is 0 Å². The lowest BCUT2D eigenvalue weighted by atomic mass is 10.2. The van der Waals surface area contributed by atoms with Gasteiger partial charge in [-0.15, -0.1) is 24.8 Å². The molecular formula is C9H9ClF3NO3. The molecule has 0 saturated carbocycles. The summed E-state index contributed by atoms with van der Waals surface area (Å²) in [6, 6.07) is 1.34. The minimum Gasteiger partial charge on any atom is -0.491 e. The van der Waals surface area contributed by atoms with E-state index in [4.69, 9.17) is 21.4 Å². The number of halogens is 4. The molecule has 0 saturated heterocycles. The molecule has 0 spiro atoms. The van der Waals surface area contributed by atoms with Crippen molar-refractivity contribution in [3.8, 4) is 11.6 Å². The molecule has 4 nitrogen and oxygen atoms in total. The Morgan fingerprint density at radius 1 is 1.47 bits per heavy atom. The van der Waals surface area contributed by atoms with Crippen LogP contribution in [0.3, 0.4) is 0 Å². The van der Waals surface area contributed by atoms with Gasteiger partial charge in [0.25, 0.3) is 5.88 Å². The molecule has 0 radical (unpaired) electrons. The molecule has 17 heavy (non-hydrogen) atoms. The summed E-state index contributed by atoms with van der Waals surface area (Å²) >= 11 is 5.47. The zero-order valence-electron chi connectivity index (χ0n) is 8.71. The molecule has 96 valence electrons. The molecule has 1 aromatic rings. The zero-order chi connectivity index (χ0) is 13.1. The molecule has 0 aliphatic heterocycles. The molecule has 1 rings (SSSR count). The molecule has 0 unspecified atom stereocenters. The highest BCUT2D eigenvalue weighted by molar-refractivity contribution is 6.16. The molecule has 0 aromatic carbocycles. The fourth-order valence-electron chi connectivity index (χ4n) is 1.20. The van der Waals surface area contributed by atoms with Crippen LogP contribution in [0.2, 0.25) is 0 Å². The second-order valence-electron chi connectivity index (χ2n) is 2.95. The predicted octanol–water partition coefficient (Wildman–Crippen LogP) is 2.22. The standard InChI is InChI=1S/C9H9ClF3NO3/c1-16-7-5(4-15)2-6(3-10)14-8(7)17-9(11,12)13/h2,15H,3-4H2,1H3. The molecule has 8 heteroatoms. The van der Waals surface area contributed by atoms with E-state index in [0.717, 1.165) is 7.11 Å². The smallest absolute Gasteiger partial charge is 0.491 e. The number of ether oxygens (including phenoxy) is 2. The number of rotatable bonds is 4. The van der Waals surface area contributed by atoms with Crippen molar-refractivity contribution in [1.29, 1.82) is 0 Å². The fraction of sp³-hybridized carbons (Fsp3) is 0.444. The van der Waals surface area contributed by atoms with Gasteiger partial charge in [0.05, 0.1) is 25.3 Å². The van der Waals surface area contributed by atoms with Gasteiger partial charge in [-0.1, -0.05) is 0 Å². The van der Waals surface area contributed by atoms with Crippen LogP contribution < -0.4 is 9.47 Å². The van der Waals surface area contributed by atoms with Gasteiger partial charge in [0.15, 0.2) is 5.75 Å². The van der Waals surface area contributed by atoms with Crippen molar-refractivity contribution >= 4 is 11.6 Å². The van der Waals surface area contributed by atoms with Crippen molar-refractivity contribution in [2.45, 2.75) is 18.8 Å². The first kappa shape index (κ1) is 13.9. The predicted molar refractivity (Wildman–Crippen MR) is 53.0 cm³/mol. The van der Waals surface area contributed by atoms with Gasteiger partial charge in [-0.25, -0.2) is 4.98 Å². The van der Waals surface area contributed by atoms with Crippen molar-refractivity contribution in [2.24, 2.45) is 0 Å². The largest absolute Gasteiger partial charge is 0.574 e. The van der Waals surface area contributed by atoms with Crippen LogP contribution in [0.1, 0.15) is 11.3 Å². The Bertz CT molecular complexity index is 398. The maximum atomic E-state index is 12.1. The minimum absolute atomic E-state index is 0.106. The van der Waals surface area contributed by atoms with Crippen molar-refractivity contribution in [1.82, 2.24) is 4.98 Å². The minimum atomic E-state index is -4.89. The van der Waals surface area contributed by atoms with Gasteiger partial charge < -0.3 is 14.6 Å². The highest BCUT2D eigenvalue weighted by Crippen LogP contribution is 2.34. The monoisotopic (exact) mass is 271 g/mol. The second kappa shape index (κ2) is 5.42. The summed E-state index contributed by atoms with van der Waals surface area (Å²) in [7, 11) is 1.15. The summed E-state index contributed by atoms with van der Waals surface area (Å²) in [5.41, 5.74) is 0.271. The van der Waals surface area contributed by atoms with E-state index in [0.29, 0.717) is 0 Å². The van der Waals surface area contributed by atoms with E-state index in [1.807, 2.05) is 0 Å². The highest BCUT2D eigenvalue weighted by Gasteiger charge is 2.34. The molecule has 0 amide bonds. The van der Waals surface area contributed by atoms with E-state index < -0.39 is 18.8 Å². The fourth-order valence-corrected chi connectivity index (χ4v) is 1.34. The Morgan fingerprint density at radius 2 is 2.12 bits per heavy atom. The number of pyridine rings is 1. The van der Waals surface area contributed by atoms with Crippen LogP contribution in [0, 0.1) is 0 Å². The topological polar surface area (TPSA) is 51.6 Å². The average Bonchev–Trinajstić information content (AvgIpc) is 2.25. The maximum Gasteiger partial charge on any atom is 0.574 e. The average molecular weight is 272 g/mol. The first-order chi connectivity index (χ1) is 7.91. The van der Waals surface area contributed by atoms with Gasteiger partial charge in [-0.05, 0) is 6.07 Å². The van der Waals surface area contributed by atoms with Gasteiger partial charge in [0.2, 0.25) is 0 Å². The van der Waals surface area contributed by atoms with E-state index in [-0.39, 0.29) is 22.9 Å². The summed E-state index contributed by atoms with van der Waals surface area (Å²) < 4.78 is 44.8. The number of alkyl halides is 4. The summed E-state index contributed by atoms with van der Waals surface area (Å²) in [5, 5.41) is 9.00. The summed E-state index contributed by atoms with van der Waals surface area (Å²) in [6.07, 6.45) is -4.89. The molecule has 0 fully saturated rings.